The molecule has 3 N–H and O–H groups in total. The molecule has 0 bridgehead atoms. The van der Waals surface area contributed by atoms with Crippen LogP contribution in [0.2, 0.25) is 0 Å². The minimum atomic E-state index is -0.0884. The van der Waals surface area contributed by atoms with Gasteiger partial charge in [-0.15, -0.1) is 0 Å². The summed E-state index contributed by atoms with van der Waals surface area (Å²) in [5.41, 5.74) is 6.00. The Balaban J connectivity index is 3.03. The Morgan fingerprint density at radius 3 is 2.73 bits per heavy atom. The van der Waals surface area contributed by atoms with Crippen molar-refractivity contribution < 1.29 is 0 Å². The number of pyridine rings is 1. The Labute approximate surface area is 63.8 Å². The number of aromatic nitrogens is 1. The zero-order valence-electron chi connectivity index (χ0n) is 5.70. The number of hydrogen-bond donors (Lipinski definition) is 2. The molecule has 0 aliphatic heterocycles. The molecule has 54 valence electrons. The van der Waals surface area contributed by atoms with Gasteiger partial charge in [0.25, 0.3) is 0 Å². The summed E-state index contributed by atoms with van der Waals surface area (Å²) in [7, 11) is 0. The molecule has 4 heteroatoms. The summed E-state index contributed by atoms with van der Waals surface area (Å²) in [6.07, 6.45) is 1.39. The molecular weight excluding hydrogens is 140 g/mol. The maximum Gasteiger partial charge on any atom is 0.141 e. The number of rotatable bonds is 1. The molecule has 1 aromatic rings. The monoisotopic (exact) mass is 146 g/mol. The van der Waals surface area contributed by atoms with Crippen LogP contribution >= 0.6 is 0 Å². The Hall–Kier alpha value is -1.89. The van der Waals surface area contributed by atoms with Gasteiger partial charge in [0.15, 0.2) is 0 Å². The van der Waals surface area contributed by atoms with E-state index in [1.807, 2.05) is 6.07 Å². The fourth-order valence-electron chi connectivity index (χ4n) is 0.619. The molecule has 0 radical (unpaired) electrons. The Morgan fingerprint density at radius 2 is 2.36 bits per heavy atom. The lowest BCUT2D eigenvalue weighted by Gasteiger charge is -1.94. The fourth-order valence-corrected chi connectivity index (χ4v) is 0.619. The Bertz CT molecular complexity index is 306. The summed E-state index contributed by atoms with van der Waals surface area (Å²) in [5, 5.41) is 15.4. The van der Waals surface area contributed by atoms with Crippen molar-refractivity contribution in [1.29, 1.82) is 10.7 Å². The van der Waals surface area contributed by atoms with Gasteiger partial charge in [-0.1, -0.05) is 0 Å². The minimum absolute atomic E-state index is 0.0884. The second-order valence-electron chi connectivity index (χ2n) is 1.96. The Morgan fingerprint density at radius 1 is 1.64 bits per heavy atom. The van der Waals surface area contributed by atoms with E-state index in [0.29, 0.717) is 11.3 Å². The zero-order chi connectivity index (χ0) is 8.27. The van der Waals surface area contributed by atoms with Gasteiger partial charge in [0.05, 0.1) is 5.56 Å². The molecule has 0 aromatic carbocycles. The van der Waals surface area contributed by atoms with E-state index in [1.165, 1.54) is 6.20 Å². The molecule has 0 unspecified atom stereocenters. The first kappa shape index (κ1) is 7.22. The van der Waals surface area contributed by atoms with Crippen LogP contribution in [0.5, 0.6) is 0 Å². The largest absolute Gasteiger partial charge is 0.382 e. The molecule has 1 aromatic heterocycles. The molecule has 1 rings (SSSR count). The van der Waals surface area contributed by atoms with Crippen LogP contribution in [0.1, 0.15) is 11.3 Å². The van der Waals surface area contributed by atoms with Crippen LogP contribution in [0.3, 0.4) is 0 Å². The van der Waals surface area contributed by atoms with Gasteiger partial charge in [0.2, 0.25) is 0 Å². The SMILES string of the molecule is N#Cc1ccc(C(=N)N)nc1. The number of nitriles is 1. The number of nitrogens with one attached hydrogen (secondary N) is 1. The highest BCUT2D eigenvalue weighted by Gasteiger charge is 1.96. The van der Waals surface area contributed by atoms with Gasteiger partial charge >= 0.3 is 0 Å². The molecule has 1 heterocycles. The van der Waals surface area contributed by atoms with Crippen molar-refractivity contribution in [2.24, 2.45) is 5.73 Å². The summed E-state index contributed by atoms with van der Waals surface area (Å²) in [5.74, 6) is -0.0884. The standard InChI is InChI=1S/C7H6N4/c8-3-5-1-2-6(7(9)10)11-4-5/h1-2,4H,(H3,9,10). The molecule has 0 saturated carbocycles. The number of amidine groups is 1. The van der Waals surface area contributed by atoms with Crippen LogP contribution in [0.4, 0.5) is 0 Å². The second-order valence-corrected chi connectivity index (χ2v) is 1.96. The van der Waals surface area contributed by atoms with Gasteiger partial charge in [-0.3, -0.25) is 10.4 Å². The lowest BCUT2D eigenvalue weighted by molar-refractivity contribution is 1.24. The third-order valence-corrected chi connectivity index (χ3v) is 1.17. The summed E-state index contributed by atoms with van der Waals surface area (Å²) in [6.45, 7) is 0. The van der Waals surface area contributed by atoms with E-state index in [9.17, 15) is 0 Å². The smallest absolute Gasteiger partial charge is 0.141 e. The molecule has 4 nitrogen and oxygen atoms in total. The highest BCUT2D eigenvalue weighted by molar-refractivity contribution is 5.92. The molecule has 0 aliphatic carbocycles. The van der Waals surface area contributed by atoms with E-state index in [4.69, 9.17) is 16.4 Å². The first-order valence-corrected chi connectivity index (χ1v) is 2.94. The van der Waals surface area contributed by atoms with Crippen molar-refractivity contribution in [1.82, 2.24) is 4.98 Å². The summed E-state index contributed by atoms with van der Waals surface area (Å²) in [6, 6.07) is 5.03. The van der Waals surface area contributed by atoms with E-state index >= 15 is 0 Å². The third-order valence-electron chi connectivity index (χ3n) is 1.17. The van der Waals surface area contributed by atoms with Crippen LogP contribution < -0.4 is 5.73 Å². The van der Waals surface area contributed by atoms with E-state index in [0.717, 1.165) is 0 Å². The highest BCUT2D eigenvalue weighted by Crippen LogP contribution is 1.96. The van der Waals surface area contributed by atoms with E-state index in [-0.39, 0.29) is 5.84 Å². The van der Waals surface area contributed by atoms with Crippen molar-refractivity contribution in [3.8, 4) is 6.07 Å². The molecule has 0 spiro atoms. The molecule has 11 heavy (non-hydrogen) atoms. The summed E-state index contributed by atoms with van der Waals surface area (Å²) < 4.78 is 0. The number of nitrogens with zero attached hydrogens (tertiary/aromatic N) is 2. The Kier molecular flexibility index (Phi) is 1.83. The minimum Gasteiger partial charge on any atom is -0.382 e. The average Bonchev–Trinajstić information content (AvgIpc) is 2.05. The van der Waals surface area contributed by atoms with Crippen LogP contribution in [-0.2, 0) is 0 Å². The topological polar surface area (TPSA) is 86.5 Å². The predicted octanol–water partition coefficient (Wildman–Crippen LogP) is 0.237. The molecule has 0 aliphatic rings. The number of nitrogens with two attached hydrogens (primary N) is 1. The molecular formula is C7H6N4. The lowest BCUT2D eigenvalue weighted by atomic mass is 10.2. The molecule has 0 saturated heterocycles. The van der Waals surface area contributed by atoms with Crippen molar-refractivity contribution in [2.45, 2.75) is 0 Å². The summed E-state index contributed by atoms with van der Waals surface area (Å²) >= 11 is 0. The maximum absolute atomic E-state index is 8.39. The molecule has 0 amide bonds. The van der Waals surface area contributed by atoms with Gasteiger partial charge < -0.3 is 5.73 Å². The normalized spacial score (nSPS) is 8.64. The van der Waals surface area contributed by atoms with Crippen molar-refractivity contribution >= 4 is 5.84 Å². The van der Waals surface area contributed by atoms with Gasteiger partial charge in [0.1, 0.15) is 17.6 Å². The van der Waals surface area contributed by atoms with Crippen LogP contribution in [0.25, 0.3) is 0 Å². The quantitative estimate of drug-likeness (QED) is 0.439. The first-order chi connectivity index (χ1) is 5.24. The average molecular weight is 146 g/mol. The maximum atomic E-state index is 8.39. The van der Waals surface area contributed by atoms with Crippen LogP contribution in [-0.4, -0.2) is 10.8 Å². The third kappa shape index (κ3) is 1.52. The van der Waals surface area contributed by atoms with Crippen molar-refractivity contribution in [2.75, 3.05) is 0 Å². The zero-order valence-corrected chi connectivity index (χ0v) is 5.70. The number of nitrogen functional groups attached to an aromatic ring is 1. The van der Waals surface area contributed by atoms with Gasteiger partial charge in [0, 0.05) is 6.20 Å². The van der Waals surface area contributed by atoms with Gasteiger partial charge in [-0.25, -0.2) is 0 Å². The van der Waals surface area contributed by atoms with Crippen LogP contribution in [0, 0.1) is 16.7 Å². The van der Waals surface area contributed by atoms with Crippen LogP contribution in [0.15, 0.2) is 18.3 Å². The second kappa shape index (κ2) is 2.80. The molecule has 0 fully saturated rings. The van der Waals surface area contributed by atoms with Gasteiger partial charge in [-0.2, -0.15) is 5.26 Å². The van der Waals surface area contributed by atoms with Crippen molar-refractivity contribution in [3.05, 3.63) is 29.6 Å². The van der Waals surface area contributed by atoms with Gasteiger partial charge in [-0.05, 0) is 12.1 Å². The van der Waals surface area contributed by atoms with E-state index < -0.39 is 0 Å². The predicted molar refractivity (Wildman–Crippen MR) is 40.0 cm³/mol. The lowest BCUT2D eigenvalue weighted by Crippen LogP contribution is -2.12. The van der Waals surface area contributed by atoms with Crippen molar-refractivity contribution in [3.63, 3.8) is 0 Å². The molecule has 0 atom stereocenters. The summed E-state index contributed by atoms with van der Waals surface area (Å²) in [4.78, 5) is 3.78. The van der Waals surface area contributed by atoms with E-state index in [2.05, 4.69) is 4.98 Å². The fraction of sp³-hybridized carbons (Fsp3) is 0. The first-order valence-electron chi connectivity index (χ1n) is 2.94. The van der Waals surface area contributed by atoms with E-state index in [1.54, 1.807) is 12.1 Å². The number of hydrogen-bond acceptors (Lipinski definition) is 3. The highest BCUT2D eigenvalue weighted by atomic mass is 14.8.